The number of hydrogen-bond acceptors (Lipinski definition) is 2. The summed E-state index contributed by atoms with van der Waals surface area (Å²) in [7, 11) is 0. The van der Waals surface area contributed by atoms with Gasteiger partial charge < -0.3 is 4.74 Å². The van der Waals surface area contributed by atoms with Crippen LogP contribution in [0.1, 0.15) is 194 Å². The van der Waals surface area contributed by atoms with Crippen LogP contribution >= 0.6 is 0 Å². The molecule has 0 bridgehead atoms. The van der Waals surface area contributed by atoms with Crippen molar-refractivity contribution in [3.63, 3.8) is 0 Å². The molecule has 204 valence electrons. The lowest BCUT2D eigenvalue weighted by molar-refractivity contribution is -0.150. The second-order valence-corrected chi connectivity index (χ2v) is 10.9. The van der Waals surface area contributed by atoms with Crippen LogP contribution in [0.25, 0.3) is 0 Å². The molecule has 0 N–H and O–H groups in total. The predicted molar refractivity (Wildman–Crippen MR) is 152 cm³/mol. The lowest BCUT2D eigenvalue weighted by Crippen LogP contribution is -2.18. The average Bonchev–Trinajstić information content (AvgIpc) is 2.83. The number of esters is 1. The normalized spacial score (nSPS) is 11.4. The van der Waals surface area contributed by atoms with E-state index in [9.17, 15) is 4.79 Å². The van der Waals surface area contributed by atoms with E-state index in [0.717, 1.165) is 19.3 Å². The van der Waals surface area contributed by atoms with Gasteiger partial charge in [-0.3, -0.25) is 4.79 Å². The predicted octanol–water partition coefficient (Wildman–Crippen LogP) is 11.5. The van der Waals surface area contributed by atoms with Crippen molar-refractivity contribution in [1.29, 1.82) is 0 Å². The Labute approximate surface area is 215 Å². The Kier molecular flexibility index (Phi) is 28.3. The molecular formula is C32H64O2. The molecule has 0 atom stereocenters. The highest BCUT2D eigenvalue weighted by Crippen LogP contribution is 2.18. The quantitative estimate of drug-likeness (QED) is 0.0821. The van der Waals surface area contributed by atoms with E-state index < -0.39 is 0 Å². The molecule has 0 saturated heterocycles. The first-order valence-electron chi connectivity index (χ1n) is 15.9. The van der Waals surface area contributed by atoms with Gasteiger partial charge in [0.15, 0.2) is 0 Å². The van der Waals surface area contributed by atoms with Crippen molar-refractivity contribution < 1.29 is 9.53 Å². The minimum absolute atomic E-state index is 0.0639. The lowest BCUT2D eigenvalue weighted by atomic mass is 10.0. The van der Waals surface area contributed by atoms with Crippen molar-refractivity contribution in [2.24, 2.45) is 0 Å². The van der Waals surface area contributed by atoms with E-state index in [4.69, 9.17) is 4.74 Å². The number of ether oxygens (including phenoxy) is 1. The van der Waals surface area contributed by atoms with Crippen LogP contribution in [0.4, 0.5) is 0 Å². The Hall–Kier alpha value is -0.530. The third kappa shape index (κ3) is 26.1. The maximum atomic E-state index is 12.5. The van der Waals surface area contributed by atoms with E-state index in [2.05, 4.69) is 20.8 Å². The topological polar surface area (TPSA) is 26.3 Å². The van der Waals surface area contributed by atoms with Crippen molar-refractivity contribution in [2.45, 2.75) is 200 Å². The molecule has 2 nitrogen and oxygen atoms in total. The number of rotatable bonds is 28. The smallest absolute Gasteiger partial charge is 0.306 e. The standard InChI is InChI=1S/C32H64O2/c1-4-7-10-13-16-17-18-19-20-21-24-27-30-32(33)34-31(28-25-22-14-11-8-5-2)29-26-23-15-12-9-6-3/h31H,4-30H2,1-3H3. The molecule has 0 aromatic carbocycles. The van der Waals surface area contributed by atoms with Crippen LogP contribution in [0.3, 0.4) is 0 Å². The highest BCUT2D eigenvalue weighted by atomic mass is 16.5. The van der Waals surface area contributed by atoms with Crippen molar-refractivity contribution in [1.82, 2.24) is 0 Å². The van der Waals surface area contributed by atoms with E-state index in [0.29, 0.717) is 6.42 Å². The molecule has 0 aromatic rings. The fourth-order valence-electron chi connectivity index (χ4n) is 4.92. The van der Waals surface area contributed by atoms with Gasteiger partial charge in [-0.1, -0.05) is 156 Å². The van der Waals surface area contributed by atoms with Gasteiger partial charge in [0, 0.05) is 6.42 Å². The zero-order chi connectivity index (χ0) is 25.0. The summed E-state index contributed by atoms with van der Waals surface area (Å²) in [6.07, 6.45) is 34.7. The van der Waals surface area contributed by atoms with Crippen LogP contribution in [-0.4, -0.2) is 12.1 Å². The summed E-state index contributed by atoms with van der Waals surface area (Å²) in [5, 5.41) is 0. The Morgan fingerprint density at radius 2 is 0.735 bits per heavy atom. The molecule has 0 unspecified atom stereocenters. The molecule has 0 radical (unpaired) electrons. The molecule has 0 spiro atoms. The van der Waals surface area contributed by atoms with Crippen molar-refractivity contribution in [2.75, 3.05) is 0 Å². The van der Waals surface area contributed by atoms with E-state index >= 15 is 0 Å². The number of carbonyl (C=O) groups excluding carboxylic acids is 1. The third-order valence-corrected chi connectivity index (χ3v) is 7.29. The molecule has 0 saturated carbocycles. The number of carbonyl (C=O) groups is 1. The molecule has 0 heterocycles. The van der Waals surface area contributed by atoms with Crippen LogP contribution < -0.4 is 0 Å². The highest BCUT2D eigenvalue weighted by Gasteiger charge is 2.14. The maximum absolute atomic E-state index is 12.5. The summed E-state index contributed by atoms with van der Waals surface area (Å²) in [5.74, 6) is 0.0639. The summed E-state index contributed by atoms with van der Waals surface area (Å²) in [6, 6.07) is 0. The molecule has 2 heteroatoms. The van der Waals surface area contributed by atoms with Gasteiger partial charge in [-0.2, -0.15) is 0 Å². The Morgan fingerprint density at radius 1 is 0.441 bits per heavy atom. The number of hydrogen-bond donors (Lipinski definition) is 0. The van der Waals surface area contributed by atoms with Gasteiger partial charge in [-0.05, 0) is 32.1 Å². The fraction of sp³-hybridized carbons (Fsp3) is 0.969. The van der Waals surface area contributed by atoms with Crippen LogP contribution in [0, 0.1) is 0 Å². The molecule has 34 heavy (non-hydrogen) atoms. The van der Waals surface area contributed by atoms with E-state index in [1.165, 1.54) is 148 Å². The van der Waals surface area contributed by atoms with E-state index in [-0.39, 0.29) is 12.1 Å². The van der Waals surface area contributed by atoms with Gasteiger partial charge in [-0.15, -0.1) is 0 Å². The molecular weight excluding hydrogens is 416 g/mol. The van der Waals surface area contributed by atoms with Crippen LogP contribution in [-0.2, 0) is 9.53 Å². The Bertz CT molecular complexity index is 376. The minimum Gasteiger partial charge on any atom is -0.462 e. The van der Waals surface area contributed by atoms with Crippen molar-refractivity contribution >= 4 is 5.97 Å². The van der Waals surface area contributed by atoms with Crippen LogP contribution in [0.5, 0.6) is 0 Å². The largest absolute Gasteiger partial charge is 0.462 e. The fourth-order valence-corrected chi connectivity index (χ4v) is 4.92. The molecule has 0 aromatic heterocycles. The Morgan fingerprint density at radius 3 is 1.09 bits per heavy atom. The van der Waals surface area contributed by atoms with Gasteiger partial charge in [0.25, 0.3) is 0 Å². The second-order valence-electron chi connectivity index (χ2n) is 10.9. The lowest BCUT2D eigenvalue weighted by Gasteiger charge is -2.18. The van der Waals surface area contributed by atoms with E-state index in [1.807, 2.05) is 0 Å². The zero-order valence-corrected chi connectivity index (χ0v) is 24.0. The van der Waals surface area contributed by atoms with Crippen LogP contribution in [0.2, 0.25) is 0 Å². The Balaban J connectivity index is 3.86. The van der Waals surface area contributed by atoms with Gasteiger partial charge in [-0.25, -0.2) is 0 Å². The minimum atomic E-state index is 0.0639. The maximum Gasteiger partial charge on any atom is 0.306 e. The number of unbranched alkanes of at least 4 members (excludes halogenated alkanes) is 21. The van der Waals surface area contributed by atoms with E-state index in [1.54, 1.807) is 0 Å². The average molecular weight is 481 g/mol. The summed E-state index contributed by atoms with van der Waals surface area (Å²) in [4.78, 5) is 12.5. The molecule has 0 amide bonds. The van der Waals surface area contributed by atoms with Crippen LogP contribution in [0.15, 0.2) is 0 Å². The van der Waals surface area contributed by atoms with Gasteiger partial charge in [0.2, 0.25) is 0 Å². The summed E-state index contributed by atoms with van der Waals surface area (Å²) in [5.41, 5.74) is 0. The molecule has 0 rings (SSSR count). The van der Waals surface area contributed by atoms with Crippen molar-refractivity contribution in [3.8, 4) is 0 Å². The summed E-state index contributed by atoms with van der Waals surface area (Å²) < 4.78 is 5.97. The summed E-state index contributed by atoms with van der Waals surface area (Å²) >= 11 is 0. The summed E-state index contributed by atoms with van der Waals surface area (Å²) in [6.45, 7) is 6.82. The first-order chi connectivity index (χ1) is 16.7. The first-order valence-corrected chi connectivity index (χ1v) is 15.9. The zero-order valence-electron chi connectivity index (χ0n) is 24.0. The van der Waals surface area contributed by atoms with Crippen molar-refractivity contribution in [3.05, 3.63) is 0 Å². The molecule has 0 aliphatic rings. The SMILES string of the molecule is CCCCCCCCCCCCCCC(=O)OC(CCCCCCCC)CCCCCCCC. The first kappa shape index (κ1) is 33.5. The molecule has 0 aliphatic heterocycles. The molecule has 0 fully saturated rings. The third-order valence-electron chi connectivity index (χ3n) is 7.29. The second kappa shape index (κ2) is 28.7. The highest BCUT2D eigenvalue weighted by molar-refractivity contribution is 5.69. The monoisotopic (exact) mass is 480 g/mol. The van der Waals surface area contributed by atoms with Gasteiger partial charge >= 0.3 is 5.97 Å². The van der Waals surface area contributed by atoms with Gasteiger partial charge in [0.1, 0.15) is 6.10 Å². The molecule has 0 aliphatic carbocycles. The van der Waals surface area contributed by atoms with Gasteiger partial charge in [0.05, 0.1) is 0 Å².